The number of aromatic nitrogens is 5. The van der Waals surface area contributed by atoms with Gasteiger partial charge in [-0.05, 0) is 158 Å². The van der Waals surface area contributed by atoms with Crippen LogP contribution in [0.4, 0.5) is 4.79 Å². The van der Waals surface area contributed by atoms with Gasteiger partial charge in [0.25, 0.3) is 0 Å². The summed E-state index contributed by atoms with van der Waals surface area (Å²) in [5, 5.41) is 20.5. The molecule has 0 spiro atoms. The molecule has 37 heteroatoms. The molecule has 0 radical (unpaired) electrons. The second kappa shape index (κ2) is 63.8. The number of ether oxygens (including phenoxy) is 4. The number of amides is 2. The molecular weight excluding hydrogens is 1600 g/mol. The number of esters is 4. The molecule has 3 aliphatic heterocycles. The van der Waals surface area contributed by atoms with Gasteiger partial charge in [0.05, 0.1) is 46.1 Å². The number of nitrogens with one attached hydrogen (secondary N) is 1. The zero-order valence-corrected chi connectivity index (χ0v) is 71.8. The van der Waals surface area contributed by atoms with Crippen LogP contribution in [0.5, 0.6) is 0 Å². The van der Waals surface area contributed by atoms with Crippen LogP contribution < -0.4 is 52.7 Å². The van der Waals surface area contributed by atoms with Crippen LogP contribution in [0.2, 0.25) is 0 Å². The fourth-order valence-electron chi connectivity index (χ4n) is 13.0. The van der Waals surface area contributed by atoms with Crippen molar-refractivity contribution in [3.05, 3.63) is 68.0 Å². The van der Waals surface area contributed by atoms with Crippen LogP contribution in [-0.4, -0.2) is 188 Å². The van der Waals surface area contributed by atoms with Crippen LogP contribution in [0.15, 0.2) is 43.6 Å². The van der Waals surface area contributed by atoms with Crippen molar-refractivity contribution in [1.29, 1.82) is 0 Å². The first kappa shape index (κ1) is 109. The summed E-state index contributed by atoms with van der Waals surface area (Å²) in [6.45, 7) is 13.3. The van der Waals surface area contributed by atoms with Gasteiger partial charge in [-0.25, -0.2) is 28.8 Å². The van der Waals surface area contributed by atoms with Gasteiger partial charge in [0, 0.05) is 99.2 Å². The predicted molar refractivity (Wildman–Crippen MR) is 444 cm³/mol. The number of fused-ring (bicyclic) bond motifs is 2. The maximum atomic E-state index is 12.4. The van der Waals surface area contributed by atoms with Crippen molar-refractivity contribution < 1.29 is 104 Å². The van der Waals surface area contributed by atoms with Gasteiger partial charge >= 0.3 is 76.2 Å². The summed E-state index contributed by atoms with van der Waals surface area (Å²) in [5.41, 5.74) is 6.89. The first-order valence-electron chi connectivity index (χ1n) is 41.3. The van der Waals surface area contributed by atoms with E-state index >= 15 is 0 Å². The molecule has 7 saturated carbocycles. The minimum Gasteiger partial charge on any atom is -1.00 e. The van der Waals surface area contributed by atoms with Crippen LogP contribution in [0.1, 0.15) is 284 Å². The molecule has 10 aliphatic rings. The second-order valence-corrected chi connectivity index (χ2v) is 32.3. The monoisotopic (exact) mass is 1730 g/mol. The number of ketones is 2. The number of Topliss-reactive ketones (excluding diaryl/α,β-unsaturated/α-hetero) is 2. The normalized spacial score (nSPS) is 18.5. The Bertz CT molecular complexity index is 3360. The topological polar surface area (TPSA) is 433 Å². The summed E-state index contributed by atoms with van der Waals surface area (Å²) in [6.07, 6.45) is 50.1. The fraction of sp³-hybridized carbons (Fsp3) is 0.785. The molecule has 658 valence electrons. The van der Waals surface area contributed by atoms with E-state index < -0.39 is 45.6 Å². The van der Waals surface area contributed by atoms with Crippen LogP contribution in [0.3, 0.4) is 0 Å². The van der Waals surface area contributed by atoms with Gasteiger partial charge in [-0.2, -0.15) is 13.5 Å². The number of methoxy groups -OCH3 is 1. The van der Waals surface area contributed by atoms with Crippen molar-refractivity contribution in [1.82, 2.24) is 37.7 Å². The third-order valence-electron chi connectivity index (χ3n) is 21.7. The number of rotatable bonds is 34. The number of hydrogen-bond donors (Lipinski definition) is 5. The van der Waals surface area contributed by atoms with E-state index in [2.05, 4.69) is 35.9 Å². The maximum Gasteiger partial charge on any atom is 1.00 e. The number of hydrogen-bond acceptors (Lipinski definition) is 25. The number of carbonyl (C=O) groups excluding carboxylic acids is 8. The van der Waals surface area contributed by atoms with E-state index in [1.807, 2.05) is 19.9 Å². The first-order chi connectivity index (χ1) is 54.7. The third-order valence-corrected chi connectivity index (χ3v) is 22.9. The molecule has 0 aromatic carbocycles. The summed E-state index contributed by atoms with van der Waals surface area (Å²) in [6, 6.07) is -1.47. The molecule has 116 heavy (non-hydrogen) atoms. The molecule has 10 fully saturated rings. The minimum atomic E-state index is -4.75. The second-order valence-electron chi connectivity index (χ2n) is 30.2. The van der Waals surface area contributed by atoms with Crippen LogP contribution in [0.25, 0.3) is 0 Å². The van der Waals surface area contributed by atoms with Crippen molar-refractivity contribution >= 4 is 111 Å². The average Bonchev–Trinajstić information content (AvgIpc) is 1.71. The average molecular weight is 1730 g/mol. The van der Waals surface area contributed by atoms with E-state index in [1.54, 1.807) is 13.0 Å². The number of allylic oxidation sites excluding steroid dienone is 1. The molecule has 0 unspecified atom stereocenters. The first-order valence-corrected chi connectivity index (χ1v) is 43.7. The molecule has 2 amide bonds. The van der Waals surface area contributed by atoms with Crippen LogP contribution in [0, 0.1) is 47.3 Å². The number of aldehydes is 1. The molecule has 2 aromatic rings. The Morgan fingerprint density at radius 1 is 0.595 bits per heavy atom. The number of urea groups is 1. The van der Waals surface area contributed by atoms with Gasteiger partial charge < -0.3 is 56.4 Å². The summed E-state index contributed by atoms with van der Waals surface area (Å²) in [7, 11) is -3.30. The number of aliphatic hydroxyl groups excluding tert-OH is 1. The van der Waals surface area contributed by atoms with E-state index in [4.69, 9.17) is 70.3 Å². The van der Waals surface area contributed by atoms with Gasteiger partial charge in [0.2, 0.25) is 11.8 Å². The molecule has 5 heterocycles. The van der Waals surface area contributed by atoms with Gasteiger partial charge in [-0.3, -0.25) is 23.7 Å². The van der Waals surface area contributed by atoms with Crippen LogP contribution in [-0.2, 0) is 73.6 Å². The Morgan fingerprint density at radius 2 is 1.03 bits per heavy atom. The standard InChI is InChI=1S/C14H21N5O6S.C10H18O2.C10H16O2.2C9H17NO.C7H12O2.C6H12O.C6H10O.C5H8O2.C3Cl3N3O3.Al.Li.4H/c20-14-18-8-10(19(14)25-26(21,22)23)4-5-11(18)13-17-16-12(24-13)3-1-2-9-6-15-7-9;2*1-2-12-10(11)8-4-7-9-5-3-6-9;2*10-7-9(11)6-2-5-8-3-1-4-8;1-9-7(8)5-6-3-2-4-6;2*7-5-4-6-2-1-3-6;1-3-5(6)7-4-2;4-7-1(10)8(5)3(12)9(6)2(7)11;;;;;;/h9-11,15H,1-8H2,(H,21,22,23);9H,2-8H2,1H3;4,8-9H,2-3,5-7H2,1H3;2*8H,1-7,10H2;6H,2-5H2,1H3;6-7H,1-5H2;5-6H,1-4H2;3H,1,4H2,2H3;;;;;;;/q;;;;;;;;;;;+1;;;;-1/b;;8-4+;;;;;;;;;;;;;/t10-,11+;;;;;;;;;;;;;;;/m1.............../s1. The van der Waals surface area contributed by atoms with Crippen LogP contribution >= 0.6 is 35.3 Å². The van der Waals surface area contributed by atoms with E-state index in [1.165, 1.54) is 166 Å². The number of aliphatic hydroxyl groups is 1. The van der Waals surface area contributed by atoms with Crippen molar-refractivity contribution in [3.8, 4) is 0 Å². The molecule has 12 rings (SSSR count). The number of aryl methyl sites for hydroxylation is 1. The molecule has 2 bridgehead atoms. The zero-order valence-electron chi connectivity index (χ0n) is 69.7. The molecular formula is C79H135AlCl3LiN10O21S. The molecule has 3 saturated heterocycles. The number of nitrogens with two attached hydrogens (primary N) is 2. The SMILES string of the molecule is C=CC(=O)OCC.CCOC(=O)/C=C/CC1CCC1.CCOC(=O)CCCC1CCC1.COC(=O)CC1CCC1.NCC(=O)CCCC1CCC1.NCC(=O)CCCC1CCC1.O=C1N2C[C@@H](CC[C@H]2c2nnc(CCCC3CNC3)o2)N1OS(=O)(=O)O.O=CCC1CCC1.O=c1n(Cl)c(=O)n(Cl)c(=O)n1Cl.OCCC1CCC1.[AlH3].[H-].[Li+]. The van der Waals surface area contributed by atoms with E-state index in [-0.39, 0.29) is 105 Å². The van der Waals surface area contributed by atoms with Gasteiger partial charge in [-0.1, -0.05) is 147 Å². The number of halogens is 3. The third kappa shape index (κ3) is 45.5. The Hall–Kier alpha value is -5.10. The Balaban J connectivity index is 0.00000132. The Kier molecular flexibility index (Phi) is 59.9. The van der Waals surface area contributed by atoms with E-state index in [9.17, 15) is 61.2 Å². The maximum absolute atomic E-state index is 12.4. The van der Waals surface area contributed by atoms with Gasteiger partial charge in [0.15, 0.2) is 17.4 Å². The number of carbonyl (C=O) groups is 8. The molecule has 2 aromatic heterocycles. The molecule has 31 nitrogen and oxygen atoms in total. The smallest absolute Gasteiger partial charge is 1.00 e. The summed E-state index contributed by atoms with van der Waals surface area (Å²) < 4.78 is 59.6. The number of hydroxylamine groups is 2. The largest absolute Gasteiger partial charge is 1.00 e. The van der Waals surface area contributed by atoms with E-state index in [0.717, 1.165) is 118 Å². The molecule has 7 aliphatic carbocycles. The quantitative estimate of drug-likeness (QED) is 0.0111. The number of nitrogens with zero attached hydrogens (tertiary/aromatic N) is 7. The zero-order chi connectivity index (χ0) is 84.2. The predicted octanol–water partition coefficient (Wildman–Crippen LogP) is 7.81. The molecule has 2 atom stereocenters. The minimum absolute atomic E-state index is 0. The fourth-order valence-corrected chi connectivity index (χ4v) is 13.9. The Morgan fingerprint density at radius 3 is 1.38 bits per heavy atom. The summed E-state index contributed by atoms with van der Waals surface area (Å²) in [5.74, 6) is 7.28. The van der Waals surface area contributed by atoms with Gasteiger partial charge in [-0.15, -0.1) is 26.7 Å². The van der Waals surface area contributed by atoms with Gasteiger partial charge in [0.1, 0.15) is 23.9 Å². The Labute approximate surface area is 724 Å². The van der Waals surface area contributed by atoms with Crippen molar-refractivity contribution in [2.75, 3.05) is 66.3 Å². The molecule has 7 N–H and O–H groups in total. The van der Waals surface area contributed by atoms with Crippen molar-refractivity contribution in [3.63, 3.8) is 0 Å². The van der Waals surface area contributed by atoms with E-state index in [0.29, 0.717) is 94.1 Å². The van der Waals surface area contributed by atoms with Crippen molar-refractivity contribution in [2.24, 2.45) is 58.8 Å². The summed E-state index contributed by atoms with van der Waals surface area (Å²) in [4.78, 5) is 120. The summed E-state index contributed by atoms with van der Waals surface area (Å²) >= 11 is 15.3. The van der Waals surface area contributed by atoms with Crippen molar-refractivity contribution in [2.45, 2.75) is 283 Å². The number of piperidine rings is 1.